The predicted molar refractivity (Wildman–Crippen MR) is 130 cm³/mol. The van der Waals surface area contributed by atoms with E-state index in [0.717, 1.165) is 19.3 Å². The zero-order chi connectivity index (χ0) is 26.3. The lowest BCUT2D eigenvalue weighted by Gasteiger charge is -2.32. The second kappa shape index (κ2) is 9.75. The van der Waals surface area contributed by atoms with Crippen LogP contribution < -0.4 is 16.4 Å². The monoisotopic (exact) mass is 509 g/mol. The van der Waals surface area contributed by atoms with Crippen LogP contribution in [0.15, 0.2) is 24.3 Å². The van der Waals surface area contributed by atoms with Crippen molar-refractivity contribution in [3.05, 3.63) is 52.6 Å². The zero-order valence-corrected chi connectivity index (χ0v) is 20.3. The summed E-state index contributed by atoms with van der Waals surface area (Å²) in [6, 6.07) is 5.81. The second-order valence-electron chi connectivity index (χ2n) is 9.90. The number of hydrogen-bond donors (Lipinski definition) is 4. The third kappa shape index (κ3) is 4.95. The van der Waals surface area contributed by atoms with Crippen LogP contribution >= 0.6 is 0 Å². The number of carbonyl (C=O) groups excluding carboxylic acids is 2. The second-order valence-corrected chi connectivity index (χ2v) is 9.90. The molecule has 2 amide bonds. The molecule has 2 aliphatic carbocycles. The molecule has 0 bridgehead atoms. The number of nitrogen functional groups attached to an aromatic ring is 1. The van der Waals surface area contributed by atoms with Crippen molar-refractivity contribution in [1.29, 1.82) is 0 Å². The number of nitrogens with zero attached hydrogens (tertiary/aromatic N) is 4. The molecule has 2 aromatic heterocycles. The number of fused-ring (bicyclic) bond motifs is 2. The Morgan fingerprint density at radius 2 is 1.95 bits per heavy atom. The summed E-state index contributed by atoms with van der Waals surface area (Å²) >= 11 is 0. The highest BCUT2D eigenvalue weighted by Gasteiger charge is 2.42. The van der Waals surface area contributed by atoms with Gasteiger partial charge in [0.1, 0.15) is 17.2 Å². The summed E-state index contributed by atoms with van der Waals surface area (Å²) in [6.45, 7) is 1.78. The molecule has 2 fully saturated rings. The largest absolute Gasteiger partial charge is 0.481 e. The van der Waals surface area contributed by atoms with Crippen LogP contribution in [0.1, 0.15) is 64.2 Å². The van der Waals surface area contributed by atoms with Crippen molar-refractivity contribution >= 4 is 29.5 Å². The predicted octanol–water partition coefficient (Wildman–Crippen LogP) is 2.09. The zero-order valence-electron chi connectivity index (χ0n) is 20.3. The number of carboxylic acids is 1. The maximum Gasteiger partial charge on any atom is 0.306 e. The van der Waals surface area contributed by atoms with Gasteiger partial charge in [-0.15, -0.1) is 5.10 Å². The molecule has 2 saturated carbocycles. The number of aliphatic carboxylic acids is 1. The Balaban J connectivity index is 1.33. The Labute approximate surface area is 211 Å². The Morgan fingerprint density at radius 1 is 1.14 bits per heavy atom. The molecule has 3 unspecified atom stereocenters. The summed E-state index contributed by atoms with van der Waals surface area (Å²) in [5, 5.41) is 19.2. The highest BCUT2D eigenvalue weighted by Crippen LogP contribution is 2.44. The molecule has 0 spiro atoms. The molecule has 11 nitrogen and oxygen atoms in total. The van der Waals surface area contributed by atoms with Crippen LogP contribution in [-0.2, 0) is 11.3 Å². The molecule has 4 atom stereocenters. The van der Waals surface area contributed by atoms with E-state index >= 15 is 0 Å². The number of benzene rings is 1. The van der Waals surface area contributed by atoms with Crippen molar-refractivity contribution in [1.82, 2.24) is 30.2 Å². The number of aryl methyl sites for hydroxylation is 1. The van der Waals surface area contributed by atoms with Gasteiger partial charge >= 0.3 is 5.97 Å². The van der Waals surface area contributed by atoms with Crippen molar-refractivity contribution < 1.29 is 23.9 Å². The fourth-order valence-corrected chi connectivity index (χ4v) is 5.65. The van der Waals surface area contributed by atoms with E-state index in [1.54, 1.807) is 19.1 Å². The van der Waals surface area contributed by atoms with Crippen molar-refractivity contribution in [2.75, 3.05) is 5.73 Å². The number of aromatic nitrogens is 4. The molecule has 5 rings (SSSR count). The van der Waals surface area contributed by atoms with Gasteiger partial charge in [0.05, 0.1) is 5.92 Å². The lowest BCUT2D eigenvalue weighted by atomic mass is 9.75. The van der Waals surface area contributed by atoms with Gasteiger partial charge in [-0.05, 0) is 68.1 Å². The van der Waals surface area contributed by atoms with Gasteiger partial charge in [-0.2, -0.15) is 9.50 Å². The van der Waals surface area contributed by atoms with Crippen LogP contribution in [0.2, 0.25) is 0 Å². The number of nitrogens with one attached hydrogen (secondary N) is 2. The highest BCUT2D eigenvalue weighted by atomic mass is 19.1. The van der Waals surface area contributed by atoms with Crippen molar-refractivity contribution in [3.63, 3.8) is 0 Å². The van der Waals surface area contributed by atoms with Crippen molar-refractivity contribution in [2.24, 2.45) is 17.8 Å². The van der Waals surface area contributed by atoms with Crippen LogP contribution in [0, 0.1) is 30.5 Å². The van der Waals surface area contributed by atoms with Gasteiger partial charge in [0.15, 0.2) is 0 Å². The number of amides is 2. The number of anilines is 1. The molecule has 12 heteroatoms. The summed E-state index contributed by atoms with van der Waals surface area (Å²) < 4.78 is 14.7. The fourth-order valence-electron chi connectivity index (χ4n) is 5.65. The van der Waals surface area contributed by atoms with Crippen molar-refractivity contribution in [3.8, 4) is 0 Å². The highest BCUT2D eigenvalue weighted by molar-refractivity contribution is 5.98. The van der Waals surface area contributed by atoms with Gasteiger partial charge < -0.3 is 21.5 Å². The van der Waals surface area contributed by atoms with Gasteiger partial charge in [0, 0.05) is 18.7 Å². The first-order valence-corrected chi connectivity index (χ1v) is 12.3. The van der Waals surface area contributed by atoms with E-state index in [2.05, 4.69) is 25.7 Å². The first-order chi connectivity index (χ1) is 17.7. The van der Waals surface area contributed by atoms with E-state index in [9.17, 15) is 23.9 Å². The molecule has 2 heterocycles. The minimum atomic E-state index is -0.753. The van der Waals surface area contributed by atoms with Gasteiger partial charge in [0.2, 0.25) is 5.95 Å². The molecule has 0 aliphatic heterocycles. The Kier molecular flexibility index (Phi) is 6.48. The number of carboxylic acid groups (broad SMARTS) is 1. The Morgan fingerprint density at radius 3 is 2.70 bits per heavy atom. The van der Waals surface area contributed by atoms with E-state index < -0.39 is 17.8 Å². The summed E-state index contributed by atoms with van der Waals surface area (Å²) in [6.07, 6.45) is 3.61. The SMILES string of the molecule is Cc1cc(CNC(=O)c2cc(C(=O)N[C@H]3CCC4CC(C(=O)O)CCC43)nc3nc(N)nn23)ccc1F. The van der Waals surface area contributed by atoms with E-state index in [-0.39, 0.29) is 59.3 Å². The summed E-state index contributed by atoms with van der Waals surface area (Å²) in [7, 11) is 0. The molecule has 3 aromatic rings. The van der Waals surface area contributed by atoms with Gasteiger partial charge in [-0.3, -0.25) is 14.4 Å². The van der Waals surface area contributed by atoms with Crippen LogP contribution in [0.5, 0.6) is 0 Å². The van der Waals surface area contributed by atoms with Crippen LogP contribution in [0.4, 0.5) is 10.3 Å². The van der Waals surface area contributed by atoms with Gasteiger partial charge in [-0.25, -0.2) is 9.37 Å². The van der Waals surface area contributed by atoms with E-state index in [1.807, 2.05) is 0 Å². The number of halogens is 1. The summed E-state index contributed by atoms with van der Waals surface area (Å²) in [5.74, 6) is -1.98. The molecule has 194 valence electrons. The molecule has 1 aromatic carbocycles. The standard InChI is InChI=1S/C25H28FN7O4/c1-12-8-13(2-6-17(12)26)11-28-22(35)20-10-19(30-25-31-24(27)32-33(20)25)21(34)29-18-7-4-14-9-15(23(36)37)3-5-16(14)18/h2,6,8,10,14-16,18H,3-5,7,9,11H2,1H3,(H2,27,32)(H,28,35)(H,29,34)(H,36,37)/t14?,15?,16?,18-/m0/s1. The number of carbonyl (C=O) groups is 3. The Bertz CT molecular complexity index is 1390. The molecular formula is C25H28FN7O4. The van der Waals surface area contributed by atoms with Crippen LogP contribution in [-0.4, -0.2) is 48.5 Å². The smallest absolute Gasteiger partial charge is 0.306 e. The lowest BCUT2D eigenvalue weighted by molar-refractivity contribution is -0.143. The molecule has 0 saturated heterocycles. The van der Waals surface area contributed by atoms with E-state index in [0.29, 0.717) is 24.0 Å². The average molecular weight is 510 g/mol. The number of rotatable bonds is 6. The molecule has 37 heavy (non-hydrogen) atoms. The third-order valence-corrected chi connectivity index (χ3v) is 7.54. The molecular weight excluding hydrogens is 481 g/mol. The van der Waals surface area contributed by atoms with Gasteiger partial charge in [-0.1, -0.05) is 12.1 Å². The minimum Gasteiger partial charge on any atom is -0.481 e. The number of nitrogens with two attached hydrogens (primary N) is 1. The topological polar surface area (TPSA) is 165 Å². The van der Waals surface area contributed by atoms with Gasteiger partial charge in [0.25, 0.3) is 17.6 Å². The minimum absolute atomic E-state index is 0.00495. The lowest BCUT2D eigenvalue weighted by Crippen LogP contribution is -2.41. The quantitative estimate of drug-likeness (QED) is 0.392. The molecule has 2 aliphatic rings. The summed E-state index contributed by atoms with van der Waals surface area (Å²) in [4.78, 5) is 45.9. The fraction of sp³-hybridized carbons (Fsp3) is 0.440. The van der Waals surface area contributed by atoms with Crippen molar-refractivity contribution in [2.45, 2.75) is 51.6 Å². The first-order valence-electron chi connectivity index (χ1n) is 12.3. The third-order valence-electron chi connectivity index (χ3n) is 7.54. The Hall–Kier alpha value is -4.09. The summed E-state index contributed by atoms with van der Waals surface area (Å²) in [5.41, 5.74) is 6.94. The van der Waals surface area contributed by atoms with E-state index in [1.165, 1.54) is 16.6 Å². The average Bonchev–Trinajstić information content (AvgIpc) is 3.45. The van der Waals surface area contributed by atoms with Crippen LogP contribution in [0.3, 0.4) is 0 Å². The normalized spacial score (nSPS) is 23.0. The van der Waals surface area contributed by atoms with Crippen LogP contribution in [0.25, 0.3) is 5.78 Å². The maximum atomic E-state index is 13.6. The molecule has 5 N–H and O–H groups in total. The van der Waals surface area contributed by atoms with E-state index in [4.69, 9.17) is 5.73 Å². The number of hydrogen-bond acceptors (Lipinski definition) is 7. The first kappa shape index (κ1) is 24.6. The maximum absolute atomic E-state index is 13.6. The molecule has 0 radical (unpaired) electrons.